The van der Waals surface area contributed by atoms with Crippen LogP contribution >= 0.6 is 0 Å². The Morgan fingerprint density at radius 1 is 1.08 bits per heavy atom. The summed E-state index contributed by atoms with van der Waals surface area (Å²) in [6, 6.07) is 13.2. The lowest BCUT2D eigenvalue weighted by atomic mass is 10.1. The van der Waals surface area contributed by atoms with Crippen LogP contribution in [0.3, 0.4) is 0 Å². The Morgan fingerprint density at radius 2 is 1.77 bits per heavy atom. The number of carbonyl (C=O) groups is 1. The summed E-state index contributed by atoms with van der Waals surface area (Å²) in [5.74, 6) is 2.08. The van der Waals surface area contributed by atoms with Gasteiger partial charge in [-0.15, -0.1) is 0 Å². The van der Waals surface area contributed by atoms with E-state index < -0.39 is 6.10 Å². The first-order valence-electron chi connectivity index (χ1n) is 8.82. The number of ether oxygens (including phenoxy) is 3. The number of carbonyl (C=O) groups excluding carboxylic acids is 1. The third-order valence-corrected chi connectivity index (χ3v) is 3.99. The molecule has 1 N–H and O–H groups in total. The molecular formula is C21H27NO4. The molecule has 0 radical (unpaired) electrons. The third-order valence-electron chi connectivity index (χ3n) is 3.99. The van der Waals surface area contributed by atoms with Gasteiger partial charge in [0.05, 0.1) is 13.7 Å². The highest BCUT2D eigenvalue weighted by atomic mass is 16.5. The summed E-state index contributed by atoms with van der Waals surface area (Å²) < 4.78 is 16.6. The minimum absolute atomic E-state index is 0.146. The lowest BCUT2D eigenvalue weighted by molar-refractivity contribution is -0.128. The first-order chi connectivity index (χ1) is 12.5. The van der Waals surface area contributed by atoms with Crippen LogP contribution in [0.15, 0.2) is 42.5 Å². The first-order valence-corrected chi connectivity index (χ1v) is 8.82. The van der Waals surface area contributed by atoms with Crippen molar-refractivity contribution in [3.8, 4) is 17.2 Å². The van der Waals surface area contributed by atoms with Crippen LogP contribution in [0.4, 0.5) is 0 Å². The number of nitrogens with one attached hydrogen (secondary N) is 1. The molecule has 0 bridgehead atoms. The maximum Gasteiger partial charge on any atom is 0.261 e. The molecule has 0 spiro atoms. The van der Waals surface area contributed by atoms with Crippen molar-refractivity contribution >= 4 is 5.91 Å². The van der Waals surface area contributed by atoms with Gasteiger partial charge < -0.3 is 19.5 Å². The van der Waals surface area contributed by atoms with Crippen molar-refractivity contribution < 1.29 is 19.0 Å². The number of benzene rings is 2. The van der Waals surface area contributed by atoms with E-state index in [0.717, 1.165) is 17.1 Å². The zero-order chi connectivity index (χ0) is 18.9. The molecule has 0 aromatic heterocycles. The molecule has 1 amide bonds. The van der Waals surface area contributed by atoms with Gasteiger partial charge in [-0.2, -0.15) is 0 Å². The Morgan fingerprint density at radius 3 is 2.38 bits per heavy atom. The second-order valence-electron chi connectivity index (χ2n) is 6.10. The van der Waals surface area contributed by atoms with Crippen LogP contribution in [-0.2, 0) is 4.79 Å². The topological polar surface area (TPSA) is 56.8 Å². The van der Waals surface area contributed by atoms with E-state index in [1.54, 1.807) is 31.4 Å². The maximum atomic E-state index is 12.3. The van der Waals surface area contributed by atoms with Gasteiger partial charge in [0.15, 0.2) is 6.10 Å². The van der Waals surface area contributed by atoms with Crippen LogP contribution < -0.4 is 19.5 Å². The van der Waals surface area contributed by atoms with Crippen LogP contribution in [0.1, 0.15) is 24.5 Å². The number of hydrogen-bond acceptors (Lipinski definition) is 4. The monoisotopic (exact) mass is 357 g/mol. The fraction of sp³-hybridized carbons (Fsp3) is 0.381. The number of rotatable bonds is 9. The molecule has 140 valence electrons. The Kier molecular flexibility index (Phi) is 7.33. The summed E-state index contributed by atoms with van der Waals surface area (Å²) in [4.78, 5) is 12.3. The van der Waals surface area contributed by atoms with Crippen molar-refractivity contribution in [2.24, 2.45) is 0 Å². The van der Waals surface area contributed by atoms with Gasteiger partial charge in [-0.3, -0.25) is 4.79 Å². The molecule has 0 saturated heterocycles. The smallest absolute Gasteiger partial charge is 0.261 e. The molecule has 5 heteroatoms. The van der Waals surface area contributed by atoms with E-state index >= 15 is 0 Å². The van der Waals surface area contributed by atoms with Crippen molar-refractivity contribution in [3.63, 3.8) is 0 Å². The zero-order valence-electron chi connectivity index (χ0n) is 15.9. The maximum absolute atomic E-state index is 12.3. The second kappa shape index (κ2) is 9.70. The summed E-state index contributed by atoms with van der Waals surface area (Å²) in [6.07, 6.45) is 0.0417. The molecule has 2 aromatic rings. The Labute approximate surface area is 155 Å². The van der Waals surface area contributed by atoms with Gasteiger partial charge in [-0.05, 0) is 56.2 Å². The molecule has 2 rings (SSSR count). The van der Waals surface area contributed by atoms with E-state index in [2.05, 4.69) is 11.4 Å². The summed E-state index contributed by atoms with van der Waals surface area (Å²) in [5.41, 5.74) is 2.29. The molecular weight excluding hydrogens is 330 g/mol. The summed E-state index contributed by atoms with van der Waals surface area (Å²) >= 11 is 0. The van der Waals surface area contributed by atoms with Crippen LogP contribution in [0.5, 0.6) is 17.2 Å². The molecule has 1 atom stereocenters. The predicted octanol–water partition coefficient (Wildman–Crippen LogP) is 3.66. The van der Waals surface area contributed by atoms with Gasteiger partial charge in [0, 0.05) is 0 Å². The summed E-state index contributed by atoms with van der Waals surface area (Å²) in [5, 5.41) is 2.86. The number of aryl methyl sites for hydroxylation is 2. The lowest BCUT2D eigenvalue weighted by Crippen LogP contribution is -2.39. The van der Waals surface area contributed by atoms with Crippen molar-refractivity contribution in [3.05, 3.63) is 53.6 Å². The van der Waals surface area contributed by atoms with Gasteiger partial charge in [0.2, 0.25) is 0 Å². The molecule has 0 saturated carbocycles. The SMILES string of the molecule is CC[C@@H](Oc1ccc(OC)cc1)C(=O)NCCOc1ccc(C)cc1C. The highest BCUT2D eigenvalue weighted by molar-refractivity contribution is 5.81. The average molecular weight is 357 g/mol. The van der Waals surface area contributed by atoms with E-state index in [9.17, 15) is 4.79 Å². The molecule has 0 heterocycles. The molecule has 0 fully saturated rings. The van der Waals surface area contributed by atoms with Gasteiger partial charge in [0.1, 0.15) is 23.9 Å². The van der Waals surface area contributed by atoms with Crippen LogP contribution in [0, 0.1) is 13.8 Å². The molecule has 26 heavy (non-hydrogen) atoms. The van der Waals surface area contributed by atoms with Crippen molar-refractivity contribution in [1.82, 2.24) is 5.32 Å². The van der Waals surface area contributed by atoms with E-state index in [1.807, 2.05) is 32.9 Å². The highest BCUT2D eigenvalue weighted by Gasteiger charge is 2.18. The van der Waals surface area contributed by atoms with Crippen molar-refractivity contribution in [2.75, 3.05) is 20.3 Å². The lowest BCUT2D eigenvalue weighted by Gasteiger charge is -2.18. The first kappa shape index (κ1) is 19.6. The third kappa shape index (κ3) is 5.69. The molecule has 2 aromatic carbocycles. The number of hydrogen-bond donors (Lipinski definition) is 1. The van der Waals surface area contributed by atoms with Gasteiger partial charge in [-0.1, -0.05) is 24.6 Å². The molecule has 0 aliphatic heterocycles. The predicted molar refractivity (Wildman–Crippen MR) is 102 cm³/mol. The van der Waals surface area contributed by atoms with Crippen LogP contribution in [0.25, 0.3) is 0 Å². The van der Waals surface area contributed by atoms with Crippen molar-refractivity contribution in [2.45, 2.75) is 33.3 Å². The second-order valence-corrected chi connectivity index (χ2v) is 6.10. The van der Waals surface area contributed by atoms with E-state index in [-0.39, 0.29) is 5.91 Å². The number of amides is 1. The Balaban J connectivity index is 1.79. The molecule has 5 nitrogen and oxygen atoms in total. The summed E-state index contributed by atoms with van der Waals surface area (Å²) in [6.45, 7) is 6.81. The standard InChI is InChI=1S/C21H27NO4/c1-5-19(26-18-9-7-17(24-4)8-10-18)21(23)22-12-13-25-20-11-6-15(2)14-16(20)3/h6-11,14,19H,5,12-13H2,1-4H3,(H,22,23)/t19-/m1/s1. The van der Waals surface area contributed by atoms with E-state index in [0.29, 0.717) is 25.3 Å². The zero-order valence-corrected chi connectivity index (χ0v) is 15.9. The molecule has 0 unspecified atom stereocenters. The van der Waals surface area contributed by atoms with E-state index in [1.165, 1.54) is 5.56 Å². The Hall–Kier alpha value is -2.69. The highest BCUT2D eigenvalue weighted by Crippen LogP contribution is 2.19. The van der Waals surface area contributed by atoms with Crippen LogP contribution in [-0.4, -0.2) is 32.3 Å². The van der Waals surface area contributed by atoms with Crippen LogP contribution in [0.2, 0.25) is 0 Å². The van der Waals surface area contributed by atoms with Crippen molar-refractivity contribution in [1.29, 1.82) is 0 Å². The van der Waals surface area contributed by atoms with E-state index in [4.69, 9.17) is 14.2 Å². The fourth-order valence-corrected chi connectivity index (χ4v) is 2.55. The number of methoxy groups -OCH3 is 1. The normalized spacial score (nSPS) is 11.5. The quantitative estimate of drug-likeness (QED) is 0.696. The molecule has 0 aliphatic carbocycles. The largest absolute Gasteiger partial charge is 0.497 e. The van der Waals surface area contributed by atoms with Gasteiger partial charge in [-0.25, -0.2) is 0 Å². The minimum Gasteiger partial charge on any atom is -0.497 e. The van der Waals surface area contributed by atoms with Gasteiger partial charge in [0.25, 0.3) is 5.91 Å². The molecule has 0 aliphatic rings. The fourth-order valence-electron chi connectivity index (χ4n) is 2.55. The average Bonchev–Trinajstić information content (AvgIpc) is 2.65. The Bertz CT molecular complexity index is 712. The van der Waals surface area contributed by atoms with Gasteiger partial charge >= 0.3 is 0 Å². The minimum atomic E-state index is -0.537. The summed E-state index contributed by atoms with van der Waals surface area (Å²) in [7, 11) is 1.61.